The molecule has 0 saturated carbocycles. The Bertz CT molecular complexity index is 632. The van der Waals surface area contributed by atoms with Gasteiger partial charge in [0.25, 0.3) is 0 Å². The molecular formula is C17H19N3O. The van der Waals surface area contributed by atoms with Gasteiger partial charge in [0.15, 0.2) is 0 Å². The second-order valence-corrected chi connectivity index (χ2v) is 5.38. The highest BCUT2D eigenvalue weighted by atomic mass is 16.2. The normalized spacial score (nSPS) is 18.5. The number of amides is 1. The van der Waals surface area contributed by atoms with Crippen molar-refractivity contribution >= 4 is 5.91 Å². The lowest BCUT2D eigenvalue weighted by molar-refractivity contribution is -0.127. The van der Waals surface area contributed by atoms with Gasteiger partial charge in [-0.25, -0.2) is 4.98 Å². The molecule has 0 aliphatic carbocycles. The number of hydrogen-bond donors (Lipinski definition) is 1. The van der Waals surface area contributed by atoms with Crippen LogP contribution in [0.1, 0.15) is 24.6 Å². The van der Waals surface area contributed by atoms with Gasteiger partial charge in [-0.3, -0.25) is 4.79 Å². The van der Waals surface area contributed by atoms with Gasteiger partial charge in [-0.2, -0.15) is 0 Å². The fraction of sp³-hybridized carbons (Fsp3) is 0.294. The Hall–Kier alpha value is -2.36. The van der Waals surface area contributed by atoms with Crippen LogP contribution in [0.15, 0.2) is 49.2 Å². The van der Waals surface area contributed by atoms with Crippen LogP contribution in [0, 0.1) is 0 Å². The molecule has 1 unspecified atom stereocenters. The van der Waals surface area contributed by atoms with Gasteiger partial charge in [0, 0.05) is 19.0 Å². The summed E-state index contributed by atoms with van der Waals surface area (Å²) < 4.78 is 0. The number of carbonyl (C=O) groups excluding carboxylic acids is 1. The van der Waals surface area contributed by atoms with Crippen LogP contribution in [0.2, 0.25) is 0 Å². The summed E-state index contributed by atoms with van der Waals surface area (Å²) in [6.07, 6.45) is 5.33. The molecule has 4 nitrogen and oxygen atoms in total. The van der Waals surface area contributed by atoms with Crippen molar-refractivity contribution in [3.63, 3.8) is 0 Å². The summed E-state index contributed by atoms with van der Waals surface area (Å²) in [4.78, 5) is 21.5. The van der Waals surface area contributed by atoms with Crippen LogP contribution >= 0.6 is 0 Å². The third-order valence-corrected chi connectivity index (χ3v) is 3.97. The van der Waals surface area contributed by atoms with Crippen LogP contribution in [0.3, 0.4) is 0 Å². The molecule has 1 aliphatic rings. The summed E-state index contributed by atoms with van der Waals surface area (Å²) in [7, 11) is 0. The van der Waals surface area contributed by atoms with Gasteiger partial charge in [-0.1, -0.05) is 36.9 Å². The smallest absolute Gasteiger partial charge is 0.245 e. The summed E-state index contributed by atoms with van der Waals surface area (Å²) >= 11 is 0. The van der Waals surface area contributed by atoms with Crippen LogP contribution in [-0.4, -0.2) is 33.9 Å². The molecule has 4 heteroatoms. The van der Waals surface area contributed by atoms with Crippen molar-refractivity contribution in [3.8, 4) is 11.3 Å². The molecule has 108 valence electrons. The van der Waals surface area contributed by atoms with Crippen molar-refractivity contribution in [1.82, 2.24) is 14.9 Å². The van der Waals surface area contributed by atoms with Gasteiger partial charge in [-0.15, -0.1) is 0 Å². The average Bonchev–Trinajstić information content (AvgIpc) is 3.05. The first-order valence-corrected chi connectivity index (χ1v) is 7.29. The first-order valence-electron chi connectivity index (χ1n) is 7.29. The molecule has 0 spiro atoms. The van der Waals surface area contributed by atoms with E-state index in [0.717, 1.165) is 36.5 Å². The number of imidazole rings is 1. The maximum absolute atomic E-state index is 11.7. The van der Waals surface area contributed by atoms with Crippen LogP contribution in [0.25, 0.3) is 11.3 Å². The summed E-state index contributed by atoms with van der Waals surface area (Å²) in [6.45, 7) is 5.09. The lowest BCUT2D eigenvalue weighted by Gasteiger charge is -2.31. The number of piperidine rings is 1. The van der Waals surface area contributed by atoms with Crippen molar-refractivity contribution in [2.24, 2.45) is 0 Å². The number of hydrogen-bond acceptors (Lipinski definition) is 2. The van der Waals surface area contributed by atoms with Crippen molar-refractivity contribution in [2.75, 3.05) is 13.1 Å². The summed E-state index contributed by atoms with van der Waals surface area (Å²) in [5.74, 6) is 1.25. The molecule has 21 heavy (non-hydrogen) atoms. The zero-order valence-corrected chi connectivity index (χ0v) is 12.0. The molecule has 2 aromatic rings. The Balaban J connectivity index is 1.77. The maximum Gasteiger partial charge on any atom is 0.245 e. The molecule has 0 bridgehead atoms. The predicted octanol–water partition coefficient (Wildman–Crippen LogP) is 2.97. The van der Waals surface area contributed by atoms with E-state index >= 15 is 0 Å². The van der Waals surface area contributed by atoms with Gasteiger partial charge in [0.2, 0.25) is 5.91 Å². The van der Waals surface area contributed by atoms with Crippen LogP contribution < -0.4 is 0 Å². The Morgan fingerprint density at radius 1 is 1.38 bits per heavy atom. The first kappa shape index (κ1) is 13.6. The van der Waals surface area contributed by atoms with Crippen molar-refractivity contribution in [2.45, 2.75) is 18.8 Å². The molecule has 1 aliphatic heterocycles. The molecule has 1 aromatic heterocycles. The topological polar surface area (TPSA) is 49.0 Å². The Morgan fingerprint density at radius 3 is 2.95 bits per heavy atom. The van der Waals surface area contributed by atoms with E-state index in [-0.39, 0.29) is 11.8 Å². The minimum atomic E-state index is 0.00883. The SMILES string of the molecule is C=CC(=O)N1CCCC(c2ncc(-c3ccccc3)[nH]2)C1. The minimum Gasteiger partial charge on any atom is -0.342 e. The number of rotatable bonds is 3. The largest absolute Gasteiger partial charge is 0.342 e. The number of likely N-dealkylation sites (tertiary alicyclic amines) is 1. The highest BCUT2D eigenvalue weighted by Crippen LogP contribution is 2.27. The fourth-order valence-corrected chi connectivity index (χ4v) is 2.84. The third kappa shape index (κ3) is 2.89. The summed E-state index contributed by atoms with van der Waals surface area (Å²) in [5, 5.41) is 0. The molecule has 1 fully saturated rings. The van der Waals surface area contributed by atoms with Gasteiger partial charge < -0.3 is 9.88 Å². The molecule has 3 rings (SSSR count). The van der Waals surface area contributed by atoms with Gasteiger partial charge in [0.1, 0.15) is 5.82 Å². The molecule has 1 saturated heterocycles. The van der Waals surface area contributed by atoms with Gasteiger partial charge in [-0.05, 0) is 24.5 Å². The predicted molar refractivity (Wildman–Crippen MR) is 82.8 cm³/mol. The van der Waals surface area contributed by atoms with Gasteiger partial charge in [0.05, 0.1) is 11.9 Å². The van der Waals surface area contributed by atoms with Crippen LogP contribution in [0.4, 0.5) is 0 Å². The van der Waals surface area contributed by atoms with E-state index in [4.69, 9.17) is 0 Å². The number of H-pyrrole nitrogens is 1. The highest BCUT2D eigenvalue weighted by molar-refractivity contribution is 5.87. The number of carbonyl (C=O) groups is 1. The zero-order valence-electron chi connectivity index (χ0n) is 12.0. The molecule has 1 atom stereocenters. The average molecular weight is 281 g/mol. The van der Waals surface area contributed by atoms with Gasteiger partial charge >= 0.3 is 0 Å². The summed E-state index contributed by atoms with van der Waals surface area (Å²) in [6, 6.07) is 10.2. The molecular weight excluding hydrogens is 262 g/mol. The molecule has 0 radical (unpaired) electrons. The molecule has 1 N–H and O–H groups in total. The lowest BCUT2D eigenvalue weighted by Crippen LogP contribution is -2.38. The van der Waals surface area contributed by atoms with E-state index in [2.05, 4.69) is 28.7 Å². The van der Waals surface area contributed by atoms with E-state index in [1.807, 2.05) is 29.3 Å². The van der Waals surface area contributed by atoms with Crippen molar-refractivity contribution in [3.05, 3.63) is 55.0 Å². The van der Waals surface area contributed by atoms with E-state index in [0.29, 0.717) is 6.54 Å². The maximum atomic E-state index is 11.7. The fourth-order valence-electron chi connectivity index (χ4n) is 2.84. The molecule has 1 amide bonds. The van der Waals surface area contributed by atoms with Crippen molar-refractivity contribution < 1.29 is 4.79 Å². The lowest BCUT2D eigenvalue weighted by atomic mass is 9.97. The standard InChI is InChI=1S/C17H19N3O/c1-2-16(21)20-10-6-9-14(12-20)17-18-11-15(19-17)13-7-4-3-5-8-13/h2-5,7-8,11,14H,1,6,9-10,12H2,(H,18,19). The van der Waals surface area contributed by atoms with E-state index in [1.54, 1.807) is 0 Å². The summed E-state index contributed by atoms with van der Waals surface area (Å²) in [5.41, 5.74) is 2.16. The number of aromatic amines is 1. The molecule has 1 aromatic carbocycles. The quantitative estimate of drug-likeness (QED) is 0.879. The zero-order chi connectivity index (χ0) is 14.7. The first-order chi connectivity index (χ1) is 10.3. The van der Waals surface area contributed by atoms with Crippen molar-refractivity contribution in [1.29, 1.82) is 0 Å². The van der Waals surface area contributed by atoms with Crippen LogP contribution in [-0.2, 0) is 4.79 Å². The van der Waals surface area contributed by atoms with Crippen LogP contribution in [0.5, 0.6) is 0 Å². The Kier molecular flexibility index (Phi) is 3.86. The second-order valence-electron chi connectivity index (χ2n) is 5.38. The van der Waals surface area contributed by atoms with E-state index in [1.165, 1.54) is 6.08 Å². The van der Waals surface area contributed by atoms with E-state index in [9.17, 15) is 4.79 Å². The second kappa shape index (κ2) is 5.95. The monoisotopic (exact) mass is 281 g/mol. The number of benzene rings is 1. The number of nitrogens with zero attached hydrogens (tertiary/aromatic N) is 2. The minimum absolute atomic E-state index is 0.00883. The molecule has 2 heterocycles. The van der Waals surface area contributed by atoms with E-state index < -0.39 is 0 Å². The highest BCUT2D eigenvalue weighted by Gasteiger charge is 2.25. The Morgan fingerprint density at radius 2 is 2.19 bits per heavy atom. The third-order valence-electron chi connectivity index (χ3n) is 3.97. The number of aromatic nitrogens is 2. The Labute approximate surface area is 124 Å². The number of nitrogens with one attached hydrogen (secondary N) is 1.